The van der Waals surface area contributed by atoms with Crippen LogP contribution in [0.4, 0.5) is 0 Å². The van der Waals surface area contributed by atoms with Gasteiger partial charge in [0.2, 0.25) is 0 Å². The largest absolute Gasteiger partial charge is 0.492 e. The topological polar surface area (TPSA) is 73.2 Å². The normalized spacial score (nSPS) is 10.8. The second-order valence-corrected chi connectivity index (χ2v) is 6.89. The predicted molar refractivity (Wildman–Crippen MR) is 98.9 cm³/mol. The maximum absolute atomic E-state index is 12.4. The lowest BCUT2D eigenvalue weighted by molar-refractivity contribution is 0.0950. The average Bonchev–Trinajstić information content (AvgIpc) is 2.94. The molecule has 0 fully saturated rings. The van der Waals surface area contributed by atoms with Gasteiger partial charge in [-0.3, -0.25) is 9.59 Å². The minimum atomic E-state index is -0.234. The summed E-state index contributed by atoms with van der Waals surface area (Å²) >= 11 is 7.03. The standard InChI is InChI=1S/C17H16ClN3O3S/c1-10-13-16(20-9-21(2)17(13)23)25-14(10)15(22)19-7-8-24-12-5-3-11(18)4-6-12/h3-6,9H,7-8H2,1-2H3,(H,19,22). The summed E-state index contributed by atoms with van der Waals surface area (Å²) < 4.78 is 6.94. The molecule has 25 heavy (non-hydrogen) atoms. The lowest BCUT2D eigenvalue weighted by Gasteiger charge is -2.07. The highest BCUT2D eigenvalue weighted by atomic mass is 35.5. The molecule has 2 aromatic heterocycles. The molecule has 8 heteroatoms. The molecule has 6 nitrogen and oxygen atoms in total. The quantitative estimate of drug-likeness (QED) is 0.694. The Kier molecular flexibility index (Phi) is 5.06. The van der Waals surface area contributed by atoms with Crippen molar-refractivity contribution in [2.75, 3.05) is 13.2 Å². The van der Waals surface area contributed by atoms with Gasteiger partial charge in [-0.05, 0) is 36.8 Å². The van der Waals surface area contributed by atoms with Gasteiger partial charge in [0.15, 0.2) is 0 Å². The number of benzene rings is 1. The van der Waals surface area contributed by atoms with E-state index in [1.165, 1.54) is 22.2 Å². The van der Waals surface area contributed by atoms with E-state index in [9.17, 15) is 9.59 Å². The van der Waals surface area contributed by atoms with Crippen molar-refractivity contribution < 1.29 is 9.53 Å². The van der Waals surface area contributed by atoms with Gasteiger partial charge in [-0.1, -0.05) is 11.6 Å². The number of aryl methyl sites for hydroxylation is 2. The van der Waals surface area contributed by atoms with Crippen LogP contribution < -0.4 is 15.6 Å². The fourth-order valence-electron chi connectivity index (χ4n) is 2.37. The first-order chi connectivity index (χ1) is 12.0. The first kappa shape index (κ1) is 17.4. The monoisotopic (exact) mass is 377 g/mol. The first-order valence-corrected chi connectivity index (χ1v) is 8.78. The van der Waals surface area contributed by atoms with Crippen molar-refractivity contribution in [3.8, 4) is 5.75 Å². The second kappa shape index (κ2) is 7.25. The SMILES string of the molecule is Cc1c(C(=O)NCCOc2ccc(Cl)cc2)sc2ncn(C)c(=O)c12. The molecule has 2 heterocycles. The Balaban J connectivity index is 1.64. The maximum atomic E-state index is 12.4. The highest BCUT2D eigenvalue weighted by molar-refractivity contribution is 7.20. The Morgan fingerprint density at radius 1 is 1.36 bits per heavy atom. The second-order valence-electron chi connectivity index (χ2n) is 5.46. The van der Waals surface area contributed by atoms with Crippen molar-refractivity contribution in [3.05, 3.63) is 56.4 Å². The van der Waals surface area contributed by atoms with Gasteiger partial charge in [0.1, 0.15) is 17.2 Å². The summed E-state index contributed by atoms with van der Waals surface area (Å²) in [5.74, 6) is 0.451. The molecule has 0 saturated carbocycles. The van der Waals surface area contributed by atoms with Crippen LogP contribution in [-0.4, -0.2) is 28.6 Å². The fraction of sp³-hybridized carbons (Fsp3) is 0.235. The van der Waals surface area contributed by atoms with Crippen molar-refractivity contribution in [2.45, 2.75) is 6.92 Å². The van der Waals surface area contributed by atoms with Crippen LogP contribution in [0.5, 0.6) is 5.75 Å². The molecule has 0 aliphatic rings. The fourth-order valence-corrected chi connectivity index (χ4v) is 3.55. The zero-order chi connectivity index (χ0) is 18.0. The van der Waals surface area contributed by atoms with E-state index in [0.717, 1.165) is 0 Å². The molecule has 130 valence electrons. The third-order valence-electron chi connectivity index (χ3n) is 3.69. The van der Waals surface area contributed by atoms with Gasteiger partial charge < -0.3 is 14.6 Å². The summed E-state index contributed by atoms with van der Waals surface area (Å²) in [6.07, 6.45) is 1.46. The van der Waals surface area contributed by atoms with Crippen LogP contribution in [0, 0.1) is 6.92 Å². The zero-order valence-electron chi connectivity index (χ0n) is 13.7. The number of hydrogen-bond acceptors (Lipinski definition) is 5. The molecule has 0 spiro atoms. The zero-order valence-corrected chi connectivity index (χ0v) is 15.3. The number of aromatic nitrogens is 2. The van der Waals surface area contributed by atoms with E-state index in [1.54, 1.807) is 38.2 Å². The molecule has 1 N–H and O–H groups in total. The van der Waals surface area contributed by atoms with E-state index in [0.29, 0.717) is 44.6 Å². The van der Waals surface area contributed by atoms with Crippen molar-refractivity contribution in [1.82, 2.24) is 14.9 Å². The van der Waals surface area contributed by atoms with Crippen LogP contribution in [-0.2, 0) is 7.05 Å². The molecular formula is C17H16ClN3O3S. The van der Waals surface area contributed by atoms with E-state index in [-0.39, 0.29) is 11.5 Å². The minimum Gasteiger partial charge on any atom is -0.492 e. The summed E-state index contributed by atoms with van der Waals surface area (Å²) in [6.45, 7) is 2.44. The Morgan fingerprint density at radius 2 is 2.08 bits per heavy atom. The van der Waals surface area contributed by atoms with Crippen LogP contribution in [0.1, 0.15) is 15.2 Å². The van der Waals surface area contributed by atoms with E-state index in [1.807, 2.05) is 0 Å². The highest BCUT2D eigenvalue weighted by Gasteiger charge is 2.18. The van der Waals surface area contributed by atoms with E-state index in [4.69, 9.17) is 16.3 Å². The molecule has 0 atom stereocenters. The minimum absolute atomic E-state index is 0.149. The Morgan fingerprint density at radius 3 is 2.80 bits per heavy atom. The van der Waals surface area contributed by atoms with Gasteiger partial charge in [0.05, 0.1) is 23.1 Å². The molecule has 3 rings (SSSR count). The van der Waals surface area contributed by atoms with Gasteiger partial charge in [0.25, 0.3) is 11.5 Å². The van der Waals surface area contributed by atoms with Crippen LogP contribution in [0.3, 0.4) is 0 Å². The number of halogens is 1. The smallest absolute Gasteiger partial charge is 0.262 e. The van der Waals surface area contributed by atoms with Gasteiger partial charge in [-0.15, -0.1) is 11.3 Å². The summed E-state index contributed by atoms with van der Waals surface area (Å²) in [5, 5.41) is 3.94. The molecule has 1 amide bonds. The number of nitrogens with one attached hydrogen (secondary N) is 1. The number of rotatable bonds is 5. The third kappa shape index (κ3) is 3.67. The van der Waals surface area contributed by atoms with Crippen molar-refractivity contribution in [1.29, 1.82) is 0 Å². The van der Waals surface area contributed by atoms with Crippen LogP contribution in [0.25, 0.3) is 10.2 Å². The first-order valence-electron chi connectivity index (χ1n) is 7.58. The summed E-state index contributed by atoms with van der Waals surface area (Å²) in [4.78, 5) is 29.9. The molecule has 0 radical (unpaired) electrons. The summed E-state index contributed by atoms with van der Waals surface area (Å²) in [6, 6.07) is 7.01. The lowest BCUT2D eigenvalue weighted by atomic mass is 10.2. The maximum Gasteiger partial charge on any atom is 0.262 e. The van der Waals surface area contributed by atoms with Gasteiger partial charge in [-0.25, -0.2) is 4.98 Å². The lowest BCUT2D eigenvalue weighted by Crippen LogP contribution is -2.28. The van der Waals surface area contributed by atoms with Crippen molar-refractivity contribution >= 4 is 39.1 Å². The average molecular weight is 378 g/mol. The van der Waals surface area contributed by atoms with Crippen LogP contribution in [0.2, 0.25) is 5.02 Å². The highest BCUT2D eigenvalue weighted by Crippen LogP contribution is 2.26. The molecule has 3 aromatic rings. The van der Waals surface area contributed by atoms with Gasteiger partial charge >= 0.3 is 0 Å². The third-order valence-corrected chi connectivity index (χ3v) is 5.14. The van der Waals surface area contributed by atoms with E-state index >= 15 is 0 Å². The Hall–Kier alpha value is -2.38. The predicted octanol–water partition coefficient (Wildman–Crippen LogP) is 2.77. The molecule has 0 bridgehead atoms. The van der Waals surface area contributed by atoms with Crippen molar-refractivity contribution in [2.24, 2.45) is 7.05 Å². The number of hydrogen-bond donors (Lipinski definition) is 1. The number of fused-ring (bicyclic) bond motifs is 1. The molecule has 0 unspecified atom stereocenters. The Bertz CT molecular complexity index is 979. The van der Waals surface area contributed by atoms with Crippen LogP contribution >= 0.6 is 22.9 Å². The number of carbonyl (C=O) groups is 1. The van der Waals surface area contributed by atoms with E-state index < -0.39 is 0 Å². The number of carbonyl (C=O) groups excluding carboxylic acids is 1. The van der Waals surface area contributed by atoms with Gasteiger partial charge in [-0.2, -0.15) is 0 Å². The molecular weight excluding hydrogens is 362 g/mol. The summed E-state index contributed by atoms with van der Waals surface area (Å²) in [7, 11) is 1.64. The van der Waals surface area contributed by atoms with E-state index in [2.05, 4.69) is 10.3 Å². The summed E-state index contributed by atoms with van der Waals surface area (Å²) in [5.41, 5.74) is 0.508. The number of nitrogens with zero attached hydrogens (tertiary/aromatic N) is 2. The molecule has 0 aliphatic heterocycles. The van der Waals surface area contributed by atoms with Crippen molar-refractivity contribution in [3.63, 3.8) is 0 Å². The number of amides is 1. The molecule has 1 aromatic carbocycles. The number of ether oxygens (including phenoxy) is 1. The molecule has 0 saturated heterocycles. The number of thiophene rings is 1. The van der Waals surface area contributed by atoms with Crippen LogP contribution in [0.15, 0.2) is 35.4 Å². The Labute approximate surface area is 153 Å². The van der Waals surface area contributed by atoms with Gasteiger partial charge in [0, 0.05) is 12.1 Å². The molecule has 0 aliphatic carbocycles.